The van der Waals surface area contributed by atoms with Crippen molar-refractivity contribution in [1.29, 1.82) is 0 Å². The quantitative estimate of drug-likeness (QED) is 0.903. The Morgan fingerprint density at radius 3 is 2.85 bits per heavy atom. The fourth-order valence-corrected chi connectivity index (χ4v) is 4.87. The number of sulfonamides is 1. The van der Waals surface area contributed by atoms with E-state index in [2.05, 4.69) is 5.32 Å². The molecule has 1 aromatic carbocycles. The van der Waals surface area contributed by atoms with Crippen LogP contribution in [0.5, 0.6) is 0 Å². The molecule has 0 aromatic heterocycles. The Balaban J connectivity index is 1.90. The number of nitrogens with zero attached hydrogens (tertiary/aromatic N) is 1. The molecule has 20 heavy (non-hydrogen) atoms. The summed E-state index contributed by atoms with van der Waals surface area (Å²) in [5.41, 5.74) is 0. The Labute approximate surface area is 123 Å². The molecule has 2 atom stereocenters. The van der Waals surface area contributed by atoms with Crippen LogP contribution in [-0.2, 0) is 10.0 Å². The lowest BCUT2D eigenvalue weighted by molar-refractivity contribution is 0.227. The van der Waals surface area contributed by atoms with Crippen LogP contribution in [0.25, 0.3) is 0 Å². The molecule has 0 aliphatic carbocycles. The normalized spacial score (nSPS) is 27.5. The largest absolute Gasteiger partial charge is 0.316 e. The fourth-order valence-electron chi connectivity index (χ4n) is 3.04. The van der Waals surface area contributed by atoms with Crippen LogP contribution in [0.3, 0.4) is 0 Å². The molecule has 1 N–H and O–H groups in total. The van der Waals surface area contributed by atoms with E-state index in [9.17, 15) is 12.8 Å². The van der Waals surface area contributed by atoms with Gasteiger partial charge in [0.15, 0.2) is 5.82 Å². The number of fused-ring (bicyclic) bond motifs is 1. The van der Waals surface area contributed by atoms with E-state index >= 15 is 0 Å². The van der Waals surface area contributed by atoms with Gasteiger partial charge in [0.05, 0.1) is 5.02 Å². The second kappa shape index (κ2) is 5.26. The van der Waals surface area contributed by atoms with Crippen molar-refractivity contribution in [2.24, 2.45) is 11.8 Å². The summed E-state index contributed by atoms with van der Waals surface area (Å²) in [6.07, 6.45) is 0.819. The van der Waals surface area contributed by atoms with Gasteiger partial charge in [-0.25, -0.2) is 12.8 Å². The number of rotatable bonds is 2. The van der Waals surface area contributed by atoms with Crippen molar-refractivity contribution in [3.05, 3.63) is 29.0 Å². The lowest BCUT2D eigenvalue weighted by Gasteiger charge is -2.33. The highest BCUT2D eigenvalue weighted by Gasteiger charge is 2.38. The maximum Gasteiger partial charge on any atom is 0.246 e. The molecule has 2 saturated heterocycles. The topological polar surface area (TPSA) is 49.4 Å². The molecule has 7 heteroatoms. The van der Waals surface area contributed by atoms with Gasteiger partial charge in [-0.1, -0.05) is 17.7 Å². The van der Waals surface area contributed by atoms with Gasteiger partial charge in [-0.3, -0.25) is 0 Å². The maximum atomic E-state index is 14.0. The molecule has 2 aliphatic rings. The number of halogens is 2. The van der Waals surface area contributed by atoms with Crippen molar-refractivity contribution in [2.45, 2.75) is 11.3 Å². The summed E-state index contributed by atoms with van der Waals surface area (Å²) >= 11 is 5.68. The first-order chi connectivity index (χ1) is 9.50. The molecule has 110 valence electrons. The zero-order valence-corrected chi connectivity index (χ0v) is 12.4. The van der Waals surface area contributed by atoms with E-state index in [0.29, 0.717) is 24.9 Å². The molecule has 2 heterocycles. The first kappa shape index (κ1) is 14.3. The molecular weight excluding hydrogens is 303 g/mol. The van der Waals surface area contributed by atoms with Gasteiger partial charge in [0.25, 0.3) is 0 Å². The fraction of sp³-hybridized carbons (Fsp3) is 0.538. The van der Waals surface area contributed by atoms with E-state index in [1.165, 1.54) is 22.5 Å². The summed E-state index contributed by atoms with van der Waals surface area (Å²) in [4.78, 5) is -0.325. The van der Waals surface area contributed by atoms with Gasteiger partial charge < -0.3 is 5.32 Å². The number of hydrogen-bond donors (Lipinski definition) is 1. The highest BCUT2D eigenvalue weighted by Crippen LogP contribution is 2.31. The smallest absolute Gasteiger partial charge is 0.246 e. The lowest BCUT2D eigenvalue weighted by Crippen LogP contribution is -2.43. The van der Waals surface area contributed by atoms with Crippen LogP contribution in [0, 0.1) is 17.7 Å². The predicted octanol–water partition coefficient (Wildman–Crippen LogP) is 1.71. The Hall–Kier alpha value is -0.690. The maximum absolute atomic E-state index is 14.0. The Morgan fingerprint density at radius 1 is 1.30 bits per heavy atom. The van der Waals surface area contributed by atoms with Crippen LogP contribution in [0.4, 0.5) is 4.39 Å². The summed E-state index contributed by atoms with van der Waals surface area (Å²) in [5, 5.41) is 3.12. The zero-order valence-electron chi connectivity index (χ0n) is 10.9. The number of nitrogens with one attached hydrogen (secondary N) is 1. The second-order valence-electron chi connectivity index (χ2n) is 5.38. The Kier molecular flexibility index (Phi) is 3.75. The summed E-state index contributed by atoms with van der Waals surface area (Å²) in [6.45, 7) is 2.67. The third-order valence-electron chi connectivity index (χ3n) is 4.20. The minimum Gasteiger partial charge on any atom is -0.316 e. The molecule has 2 unspecified atom stereocenters. The summed E-state index contributed by atoms with van der Waals surface area (Å²) in [5.74, 6) is -0.00716. The van der Waals surface area contributed by atoms with Gasteiger partial charge in [0.1, 0.15) is 4.90 Å². The molecule has 2 aliphatic heterocycles. The van der Waals surface area contributed by atoms with Crippen molar-refractivity contribution in [3.8, 4) is 0 Å². The van der Waals surface area contributed by atoms with Crippen LogP contribution in [0.1, 0.15) is 6.42 Å². The van der Waals surface area contributed by atoms with Gasteiger partial charge in [0.2, 0.25) is 10.0 Å². The molecule has 0 amide bonds. The first-order valence-corrected chi connectivity index (χ1v) is 8.47. The highest BCUT2D eigenvalue weighted by atomic mass is 35.5. The van der Waals surface area contributed by atoms with Crippen LogP contribution in [0.15, 0.2) is 23.1 Å². The lowest BCUT2D eigenvalue weighted by atomic mass is 9.90. The molecule has 2 fully saturated rings. The number of piperidine rings is 1. The molecule has 1 aromatic rings. The molecule has 0 bridgehead atoms. The Morgan fingerprint density at radius 2 is 2.05 bits per heavy atom. The molecular formula is C13H16ClFN2O2S. The molecule has 0 spiro atoms. The van der Waals surface area contributed by atoms with Crippen LogP contribution >= 0.6 is 11.6 Å². The minimum atomic E-state index is -3.81. The van der Waals surface area contributed by atoms with E-state index in [0.717, 1.165) is 19.5 Å². The zero-order chi connectivity index (χ0) is 14.3. The van der Waals surface area contributed by atoms with Gasteiger partial charge in [0, 0.05) is 13.1 Å². The van der Waals surface area contributed by atoms with Crippen LogP contribution in [-0.4, -0.2) is 38.9 Å². The van der Waals surface area contributed by atoms with Crippen molar-refractivity contribution in [2.75, 3.05) is 26.2 Å². The summed E-state index contributed by atoms with van der Waals surface area (Å²) in [7, 11) is -3.81. The van der Waals surface area contributed by atoms with Crippen molar-refractivity contribution >= 4 is 21.6 Å². The molecule has 3 rings (SSSR count). The second-order valence-corrected chi connectivity index (χ2v) is 7.70. The van der Waals surface area contributed by atoms with Crippen molar-refractivity contribution < 1.29 is 12.8 Å². The number of hydrogen-bond acceptors (Lipinski definition) is 3. The molecule has 0 radical (unpaired) electrons. The van der Waals surface area contributed by atoms with Crippen LogP contribution < -0.4 is 5.32 Å². The minimum absolute atomic E-state index is 0.163. The van der Waals surface area contributed by atoms with Crippen molar-refractivity contribution in [1.82, 2.24) is 9.62 Å². The van der Waals surface area contributed by atoms with E-state index in [1.54, 1.807) is 0 Å². The SMILES string of the molecule is O=S(=O)(c1cccc(Cl)c1F)N1CCC2CNCC2C1. The standard InChI is InChI=1S/C13H16ClFN2O2S/c14-11-2-1-3-12(13(11)15)20(18,19)17-5-4-9-6-16-7-10(9)8-17/h1-3,9-10,16H,4-8H2. The van der Waals surface area contributed by atoms with E-state index in [4.69, 9.17) is 11.6 Å². The summed E-state index contributed by atoms with van der Waals surface area (Å²) in [6, 6.07) is 4.08. The van der Waals surface area contributed by atoms with Crippen LogP contribution in [0.2, 0.25) is 5.02 Å². The van der Waals surface area contributed by atoms with Gasteiger partial charge >= 0.3 is 0 Å². The number of benzene rings is 1. The Bertz CT molecular complexity index is 623. The third-order valence-corrected chi connectivity index (χ3v) is 6.38. The van der Waals surface area contributed by atoms with Gasteiger partial charge in [-0.15, -0.1) is 0 Å². The van der Waals surface area contributed by atoms with E-state index < -0.39 is 15.8 Å². The van der Waals surface area contributed by atoms with Gasteiger partial charge in [-0.2, -0.15) is 4.31 Å². The van der Waals surface area contributed by atoms with Crippen molar-refractivity contribution in [3.63, 3.8) is 0 Å². The highest BCUT2D eigenvalue weighted by molar-refractivity contribution is 7.89. The van der Waals surface area contributed by atoms with Gasteiger partial charge in [-0.05, 0) is 43.5 Å². The monoisotopic (exact) mass is 318 g/mol. The van der Waals surface area contributed by atoms with E-state index in [-0.39, 0.29) is 9.92 Å². The average molecular weight is 319 g/mol. The predicted molar refractivity (Wildman–Crippen MR) is 74.6 cm³/mol. The molecule has 0 saturated carbocycles. The van der Waals surface area contributed by atoms with E-state index in [1.807, 2.05) is 0 Å². The molecule has 4 nitrogen and oxygen atoms in total. The summed E-state index contributed by atoms with van der Waals surface area (Å²) < 4.78 is 40.5. The first-order valence-electron chi connectivity index (χ1n) is 6.65. The third kappa shape index (κ3) is 2.35. The average Bonchev–Trinajstić information content (AvgIpc) is 2.89.